The number of allylic oxidation sites excluding steroid dienone is 4. The molecular weight excluding hydrogens is 424 g/mol. The molecule has 0 radical (unpaired) electrons. The molecule has 0 atom stereocenters. The van der Waals surface area contributed by atoms with Crippen molar-refractivity contribution in [2.45, 2.75) is 19.3 Å². The summed E-state index contributed by atoms with van der Waals surface area (Å²) in [5.74, 6) is 0. The molecule has 0 amide bonds. The zero-order valence-corrected chi connectivity index (χ0v) is 19.7. The van der Waals surface area contributed by atoms with Crippen LogP contribution in [0.2, 0.25) is 0 Å². The van der Waals surface area contributed by atoms with Crippen molar-refractivity contribution in [3.63, 3.8) is 0 Å². The van der Waals surface area contributed by atoms with Crippen LogP contribution in [0.1, 0.15) is 28.7 Å². The zero-order valence-electron chi connectivity index (χ0n) is 19.7. The van der Waals surface area contributed by atoms with Crippen LogP contribution >= 0.6 is 0 Å². The molecule has 4 aromatic rings. The van der Waals surface area contributed by atoms with Crippen molar-refractivity contribution in [3.8, 4) is 0 Å². The van der Waals surface area contributed by atoms with Gasteiger partial charge in [-0.3, -0.25) is 0 Å². The number of fused-ring (bicyclic) bond motifs is 2. The molecule has 2 aliphatic carbocycles. The van der Waals surface area contributed by atoms with E-state index in [1.807, 2.05) is 60.7 Å². The van der Waals surface area contributed by atoms with E-state index in [-0.39, 0.29) is 0 Å². The lowest BCUT2D eigenvalue weighted by Gasteiger charge is -2.18. The molecular formula is C33H28N2. The molecule has 4 aromatic carbocycles. The minimum absolute atomic E-state index is 0.826. The maximum atomic E-state index is 3.69. The van der Waals surface area contributed by atoms with Gasteiger partial charge in [0.2, 0.25) is 0 Å². The van der Waals surface area contributed by atoms with E-state index in [1.165, 1.54) is 22.4 Å². The SMILES string of the molecule is c1ccc2c(c#1)C(Nc1cccc3c1CCC=C3)=CC=C(Nc1ccccc1)C2.c1ccccc1. The van der Waals surface area contributed by atoms with Gasteiger partial charge in [0, 0.05) is 23.5 Å². The lowest BCUT2D eigenvalue weighted by molar-refractivity contribution is 0.988. The number of hydrogen-bond donors (Lipinski definition) is 2. The Morgan fingerprint density at radius 2 is 1.49 bits per heavy atom. The lowest BCUT2D eigenvalue weighted by Crippen LogP contribution is -2.06. The maximum absolute atomic E-state index is 3.69. The second-order valence-corrected chi connectivity index (χ2v) is 8.54. The molecule has 0 aromatic heterocycles. The summed E-state index contributed by atoms with van der Waals surface area (Å²) in [6.45, 7) is 0. The number of anilines is 2. The number of nitrogens with one attached hydrogen (secondary N) is 2. The lowest BCUT2D eigenvalue weighted by atomic mass is 9.95. The molecule has 0 unspecified atom stereocenters. The number of benzene rings is 3. The summed E-state index contributed by atoms with van der Waals surface area (Å²) in [5.41, 5.74) is 9.50. The molecule has 170 valence electrons. The van der Waals surface area contributed by atoms with Crippen molar-refractivity contribution >= 4 is 23.1 Å². The molecule has 0 fully saturated rings. The van der Waals surface area contributed by atoms with Crippen molar-refractivity contribution in [1.29, 1.82) is 0 Å². The van der Waals surface area contributed by atoms with E-state index in [4.69, 9.17) is 0 Å². The van der Waals surface area contributed by atoms with Gasteiger partial charge in [-0.25, -0.2) is 0 Å². The second kappa shape index (κ2) is 11.1. The summed E-state index contributed by atoms with van der Waals surface area (Å²) < 4.78 is 0. The smallest absolute Gasteiger partial charge is 0.0547 e. The van der Waals surface area contributed by atoms with Gasteiger partial charge in [-0.05, 0) is 72.0 Å². The highest BCUT2D eigenvalue weighted by Crippen LogP contribution is 2.31. The van der Waals surface area contributed by atoms with E-state index in [2.05, 4.69) is 83.5 Å². The quantitative estimate of drug-likeness (QED) is 0.328. The van der Waals surface area contributed by atoms with Gasteiger partial charge < -0.3 is 10.6 Å². The minimum atomic E-state index is 0.826. The summed E-state index contributed by atoms with van der Waals surface area (Å²) in [7, 11) is 0. The van der Waals surface area contributed by atoms with E-state index in [0.717, 1.165) is 41.9 Å². The fraction of sp³-hybridized carbons (Fsp3) is 0.0909. The highest BCUT2D eigenvalue weighted by atomic mass is 14.9. The summed E-state index contributed by atoms with van der Waals surface area (Å²) in [6, 6.07) is 39.3. The monoisotopic (exact) mass is 452 g/mol. The molecule has 2 aliphatic rings. The van der Waals surface area contributed by atoms with Crippen LogP contribution < -0.4 is 10.6 Å². The van der Waals surface area contributed by atoms with Crippen molar-refractivity contribution < 1.29 is 0 Å². The van der Waals surface area contributed by atoms with E-state index in [1.54, 1.807) is 0 Å². The van der Waals surface area contributed by atoms with Gasteiger partial charge in [-0.15, -0.1) is 0 Å². The predicted molar refractivity (Wildman–Crippen MR) is 148 cm³/mol. The zero-order chi connectivity index (χ0) is 23.7. The highest BCUT2D eigenvalue weighted by Gasteiger charge is 2.16. The molecule has 2 N–H and O–H groups in total. The summed E-state index contributed by atoms with van der Waals surface area (Å²) in [6.07, 6.45) is 11.8. The van der Waals surface area contributed by atoms with Crippen molar-refractivity contribution in [2.24, 2.45) is 0 Å². The molecule has 6 rings (SSSR count). The Bertz CT molecular complexity index is 1320. The van der Waals surface area contributed by atoms with Gasteiger partial charge >= 0.3 is 0 Å². The maximum Gasteiger partial charge on any atom is 0.0547 e. The van der Waals surface area contributed by atoms with Gasteiger partial charge in [0.25, 0.3) is 0 Å². The largest absolute Gasteiger partial charge is 0.359 e. The highest BCUT2D eigenvalue weighted by molar-refractivity contribution is 5.82. The Hall–Kier alpha value is -4.48. The van der Waals surface area contributed by atoms with Gasteiger partial charge in [-0.1, -0.05) is 91.0 Å². The van der Waals surface area contributed by atoms with Crippen molar-refractivity contribution in [2.75, 3.05) is 10.6 Å². The molecule has 0 aliphatic heterocycles. The van der Waals surface area contributed by atoms with Crippen molar-refractivity contribution in [3.05, 3.63) is 155 Å². The molecule has 35 heavy (non-hydrogen) atoms. The third kappa shape index (κ3) is 5.72. The number of rotatable bonds is 4. The summed E-state index contributed by atoms with van der Waals surface area (Å²) >= 11 is 0. The molecule has 0 saturated heterocycles. The fourth-order valence-electron chi connectivity index (χ4n) is 4.36. The Labute approximate surface area is 208 Å². The Morgan fingerprint density at radius 3 is 2.29 bits per heavy atom. The third-order valence-electron chi connectivity index (χ3n) is 6.07. The Morgan fingerprint density at radius 1 is 0.714 bits per heavy atom. The van der Waals surface area contributed by atoms with Crippen LogP contribution in [-0.2, 0) is 12.8 Å². The van der Waals surface area contributed by atoms with Gasteiger partial charge in [0.05, 0.1) is 11.3 Å². The normalized spacial score (nSPS) is 13.4. The van der Waals surface area contributed by atoms with Crippen LogP contribution in [0.5, 0.6) is 0 Å². The molecule has 2 heteroatoms. The van der Waals surface area contributed by atoms with Crippen LogP contribution in [0.4, 0.5) is 11.4 Å². The van der Waals surface area contributed by atoms with E-state index >= 15 is 0 Å². The Balaban J connectivity index is 0.000000371. The second-order valence-electron chi connectivity index (χ2n) is 8.54. The average molecular weight is 453 g/mol. The number of para-hydroxylation sites is 1. The van der Waals surface area contributed by atoms with Crippen molar-refractivity contribution in [1.82, 2.24) is 0 Å². The predicted octanol–water partition coefficient (Wildman–Crippen LogP) is 7.94. The first-order valence-electron chi connectivity index (χ1n) is 12.1. The molecule has 2 nitrogen and oxygen atoms in total. The minimum Gasteiger partial charge on any atom is -0.359 e. The average Bonchev–Trinajstić information content (AvgIpc) is 3.10. The first-order valence-corrected chi connectivity index (χ1v) is 12.1. The van der Waals surface area contributed by atoms with E-state index < -0.39 is 0 Å². The van der Waals surface area contributed by atoms with Gasteiger partial charge in [0.15, 0.2) is 0 Å². The van der Waals surface area contributed by atoms with E-state index in [9.17, 15) is 0 Å². The topological polar surface area (TPSA) is 24.1 Å². The van der Waals surface area contributed by atoms with Crippen LogP contribution in [0.15, 0.2) is 121 Å². The standard InChI is InChI=1S/C27H22N2.C6H6/c1-2-12-22(13-3-1)28-23-17-18-27(25-15-7-5-10-21(25)19-23)29-26-16-8-11-20-9-4-6-14-24(20)26;1-2-4-6-5-3-1/h1-5,8-13,16-18,28-29H,6,14,19H2;1-6H. The van der Waals surface area contributed by atoms with Gasteiger partial charge in [0.1, 0.15) is 0 Å². The van der Waals surface area contributed by atoms with Crippen LogP contribution in [-0.4, -0.2) is 0 Å². The van der Waals surface area contributed by atoms with Crippen LogP contribution in [0.3, 0.4) is 0 Å². The first-order chi connectivity index (χ1) is 17.4. The van der Waals surface area contributed by atoms with E-state index in [0.29, 0.717) is 0 Å². The van der Waals surface area contributed by atoms with Gasteiger partial charge in [-0.2, -0.15) is 0 Å². The van der Waals surface area contributed by atoms with Crippen LogP contribution in [0.25, 0.3) is 11.8 Å². The van der Waals surface area contributed by atoms with Crippen LogP contribution in [0, 0.1) is 12.1 Å². The first kappa shape index (κ1) is 22.3. The fourth-order valence-corrected chi connectivity index (χ4v) is 4.36. The Kier molecular flexibility index (Phi) is 7.08. The molecule has 0 saturated carbocycles. The molecule has 0 bridgehead atoms. The molecule has 0 spiro atoms. The third-order valence-corrected chi connectivity index (χ3v) is 6.07. The summed E-state index contributed by atoms with van der Waals surface area (Å²) in [4.78, 5) is 0. The number of hydrogen-bond acceptors (Lipinski definition) is 2. The molecule has 0 heterocycles. The summed E-state index contributed by atoms with van der Waals surface area (Å²) in [5, 5.41) is 7.24.